The Balaban J connectivity index is 1.53. The zero-order valence-corrected chi connectivity index (χ0v) is 18.7. The molecule has 6 nitrogen and oxygen atoms in total. The van der Waals surface area contributed by atoms with E-state index in [-0.39, 0.29) is 23.7 Å². The fourth-order valence-corrected chi connectivity index (χ4v) is 5.14. The SMILES string of the molecule is O=C(OCCOc1ccc(Cl)cc1Cl)c1ccc(S(=O)(=O)N2CCCCCC2)cc1. The summed E-state index contributed by atoms with van der Waals surface area (Å²) in [5, 5.41) is 0.870. The van der Waals surface area contributed by atoms with Crippen LogP contribution in [0.1, 0.15) is 36.0 Å². The number of hydrogen-bond donors (Lipinski definition) is 0. The van der Waals surface area contributed by atoms with E-state index in [0.29, 0.717) is 28.9 Å². The number of ether oxygens (including phenoxy) is 2. The summed E-state index contributed by atoms with van der Waals surface area (Å²) in [5.74, 6) is -0.111. The molecule has 0 unspecified atom stereocenters. The molecule has 0 spiro atoms. The van der Waals surface area contributed by atoms with Gasteiger partial charge in [0.2, 0.25) is 10.0 Å². The summed E-state index contributed by atoms with van der Waals surface area (Å²) in [6.07, 6.45) is 3.83. The van der Waals surface area contributed by atoms with E-state index in [1.54, 1.807) is 18.2 Å². The van der Waals surface area contributed by atoms with Gasteiger partial charge in [0.1, 0.15) is 19.0 Å². The van der Waals surface area contributed by atoms with Crippen molar-refractivity contribution >= 4 is 39.2 Å². The second-order valence-electron chi connectivity index (χ2n) is 6.90. The Morgan fingerprint density at radius 2 is 1.60 bits per heavy atom. The molecule has 0 bridgehead atoms. The molecule has 0 aromatic heterocycles. The summed E-state index contributed by atoms with van der Waals surface area (Å²) in [7, 11) is -3.55. The summed E-state index contributed by atoms with van der Waals surface area (Å²) in [4.78, 5) is 12.4. The van der Waals surface area contributed by atoms with Crippen molar-refractivity contribution in [3.63, 3.8) is 0 Å². The van der Waals surface area contributed by atoms with E-state index in [0.717, 1.165) is 25.7 Å². The average molecular weight is 472 g/mol. The van der Waals surface area contributed by atoms with Gasteiger partial charge in [-0.1, -0.05) is 36.0 Å². The van der Waals surface area contributed by atoms with Crippen LogP contribution in [0.3, 0.4) is 0 Å². The highest BCUT2D eigenvalue weighted by Crippen LogP contribution is 2.27. The fourth-order valence-electron chi connectivity index (χ4n) is 3.16. The maximum atomic E-state index is 12.8. The molecular weight excluding hydrogens is 449 g/mol. The molecular formula is C21H23Cl2NO5S. The van der Waals surface area contributed by atoms with Gasteiger partial charge in [-0.15, -0.1) is 0 Å². The van der Waals surface area contributed by atoms with Gasteiger partial charge in [-0.2, -0.15) is 4.31 Å². The van der Waals surface area contributed by atoms with Gasteiger partial charge in [0.25, 0.3) is 0 Å². The number of nitrogens with zero attached hydrogens (tertiary/aromatic N) is 1. The summed E-state index contributed by atoms with van der Waals surface area (Å²) >= 11 is 11.8. The largest absolute Gasteiger partial charge is 0.488 e. The molecule has 1 aliphatic rings. The van der Waals surface area contributed by atoms with Crippen molar-refractivity contribution in [2.24, 2.45) is 0 Å². The number of hydrogen-bond acceptors (Lipinski definition) is 5. The number of rotatable bonds is 7. The minimum Gasteiger partial charge on any atom is -0.488 e. The number of carbonyl (C=O) groups is 1. The first-order valence-corrected chi connectivity index (χ1v) is 11.9. The number of carbonyl (C=O) groups excluding carboxylic acids is 1. The van der Waals surface area contributed by atoms with Crippen LogP contribution in [0.2, 0.25) is 10.0 Å². The highest BCUT2D eigenvalue weighted by atomic mass is 35.5. The molecule has 0 atom stereocenters. The molecule has 9 heteroatoms. The Labute approximate surface area is 186 Å². The lowest BCUT2D eigenvalue weighted by atomic mass is 10.2. The lowest BCUT2D eigenvalue weighted by Crippen LogP contribution is -2.31. The van der Waals surface area contributed by atoms with Gasteiger partial charge in [-0.3, -0.25) is 0 Å². The van der Waals surface area contributed by atoms with Crippen molar-refractivity contribution in [2.45, 2.75) is 30.6 Å². The van der Waals surface area contributed by atoms with Gasteiger partial charge < -0.3 is 9.47 Å². The predicted octanol–water partition coefficient (Wildman–Crippen LogP) is 4.79. The fraction of sp³-hybridized carbons (Fsp3) is 0.381. The Morgan fingerprint density at radius 1 is 0.933 bits per heavy atom. The lowest BCUT2D eigenvalue weighted by molar-refractivity contribution is 0.0450. The van der Waals surface area contributed by atoms with E-state index in [1.165, 1.54) is 28.6 Å². The highest BCUT2D eigenvalue weighted by Gasteiger charge is 2.25. The summed E-state index contributed by atoms with van der Waals surface area (Å²) in [5.41, 5.74) is 0.273. The predicted molar refractivity (Wildman–Crippen MR) is 116 cm³/mol. The van der Waals surface area contributed by atoms with Crippen LogP contribution in [0.25, 0.3) is 0 Å². The third kappa shape index (κ3) is 5.88. The van der Waals surface area contributed by atoms with Gasteiger partial charge in [-0.05, 0) is 55.3 Å². The van der Waals surface area contributed by atoms with Crippen LogP contribution in [-0.2, 0) is 14.8 Å². The van der Waals surface area contributed by atoms with E-state index in [2.05, 4.69) is 0 Å². The van der Waals surface area contributed by atoms with Gasteiger partial charge in [-0.25, -0.2) is 13.2 Å². The maximum absolute atomic E-state index is 12.8. The number of halogens is 2. The second-order valence-corrected chi connectivity index (χ2v) is 9.68. The first-order chi connectivity index (χ1) is 14.4. The van der Waals surface area contributed by atoms with Crippen LogP contribution in [0, 0.1) is 0 Å². The van der Waals surface area contributed by atoms with Crippen molar-refractivity contribution < 1.29 is 22.7 Å². The number of benzene rings is 2. The second kappa shape index (κ2) is 10.5. The third-order valence-corrected chi connectivity index (χ3v) is 7.20. The molecule has 0 aliphatic carbocycles. The van der Waals surface area contributed by atoms with Gasteiger partial charge in [0.05, 0.1) is 15.5 Å². The molecule has 30 heavy (non-hydrogen) atoms. The molecule has 2 aromatic rings. The zero-order valence-electron chi connectivity index (χ0n) is 16.4. The molecule has 0 saturated carbocycles. The molecule has 162 valence electrons. The van der Waals surface area contributed by atoms with Crippen LogP contribution >= 0.6 is 23.2 Å². The average Bonchev–Trinajstić information content (AvgIpc) is 3.02. The van der Waals surface area contributed by atoms with Gasteiger partial charge >= 0.3 is 5.97 Å². The topological polar surface area (TPSA) is 72.9 Å². The molecule has 1 aliphatic heterocycles. The van der Waals surface area contributed by atoms with Crippen LogP contribution in [0.5, 0.6) is 5.75 Å². The molecule has 2 aromatic carbocycles. The van der Waals surface area contributed by atoms with Crippen molar-refractivity contribution in [1.82, 2.24) is 4.31 Å². The van der Waals surface area contributed by atoms with Crippen molar-refractivity contribution in [3.05, 3.63) is 58.1 Å². The lowest BCUT2D eigenvalue weighted by Gasteiger charge is -2.20. The molecule has 1 saturated heterocycles. The summed E-state index contributed by atoms with van der Waals surface area (Å²) < 4.78 is 37.7. The quantitative estimate of drug-likeness (QED) is 0.428. The molecule has 3 rings (SSSR count). The van der Waals surface area contributed by atoms with Crippen LogP contribution in [0.15, 0.2) is 47.4 Å². The third-order valence-electron chi connectivity index (χ3n) is 4.76. The molecule has 1 heterocycles. The molecule has 0 radical (unpaired) electrons. The first-order valence-electron chi connectivity index (χ1n) is 9.73. The maximum Gasteiger partial charge on any atom is 0.338 e. The summed E-state index contributed by atoms with van der Waals surface area (Å²) in [6.45, 7) is 1.20. The molecule has 0 amide bonds. The smallest absolute Gasteiger partial charge is 0.338 e. The first kappa shape index (κ1) is 22.9. The van der Waals surface area contributed by atoms with Gasteiger partial charge in [0.15, 0.2) is 0 Å². The van der Waals surface area contributed by atoms with Crippen molar-refractivity contribution in [1.29, 1.82) is 0 Å². The summed E-state index contributed by atoms with van der Waals surface area (Å²) in [6, 6.07) is 10.7. The Hall–Kier alpha value is -1.80. The monoisotopic (exact) mass is 471 g/mol. The standard InChI is InChI=1S/C21H23Cl2NO5S/c22-17-7-10-20(19(23)15-17)28-13-14-29-21(25)16-5-8-18(9-6-16)30(26,27)24-11-3-1-2-4-12-24/h5-10,15H,1-4,11-14H2. The van der Waals surface area contributed by atoms with E-state index in [9.17, 15) is 13.2 Å². The zero-order chi connectivity index (χ0) is 21.6. The van der Waals surface area contributed by atoms with Crippen molar-refractivity contribution in [2.75, 3.05) is 26.3 Å². The Kier molecular flexibility index (Phi) is 7.99. The van der Waals surface area contributed by atoms with Crippen LogP contribution < -0.4 is 4.74 Å². The number of esters is 1. The van der Waals surface area contributed by atoms with E-state index in [1.807, 2.05) is 0 Å². The Morgan fingerprint density at radius 3 is 2.23 bits per heavy atom. The van der Waals surface area contributed by atoms with Crippen molar-refractivity contribution in [3.8, 4) is 5.75 Å². The molecule has 0 N–H and O–H groups in total. The minimum absolute atomic E-state index is 0.0195. The van der Waals surface area contributed by atoms with E-state index < -0.39 is 16.0 Å². The minimum atomic E-state index is -3.55. The van der Waals surface area contributed by atoms with E-state index >= 15 is 0 Å². The Bertz CT molecular complexity index is 971. The van der Waals surface area contributed by atoms with Gasteiger partial charge in [0, 0.05) is 18.1 Å². The normalized spacial score (nSPS) is 15.4. The number of sulfonamides is 1. The van der Waals surface area contributed by atoms with E-state index in [4.69, 9.17) is 32.7 Å². The highest BCUT2D eigenvalue weighted by molar-refractivity contribution is 7.89. The van der Waals surface area contributed by atoms with Crippen LogP contribution in [-0.4, -0.2) is 45.0 Å². The molecule has 1 fully saturated rings. The van der Waals surface area contributed by atoms with Crippen LogP contribution in [0.4, 0.5) is 0 Å².